The molecule has 0 radical (unpaired) electrons. The quantitative estimate of drug-likeness (QED) is 0.535. The summed E-state index contributed by atoms with van der Waals surface area (Å²) >= 11 is 3.17. The standard InChI is InChI=1S/C11H6BrN5O2/c12-7-5-10(17(18)19)11(13-6-7)16-9-4-2-1-3-8(9)14-15-16/h1-6H. The average molecular weight is 320 g/mol. The normalized spacial score (nSPS) is 10.8. The molecule has 2 aromatic heterocycles. The third kappa shape index (κ3) is 1.95. The summed E-state index contributed by atoms with van der Waals surface area (Å²) < 4.78 is 1.90. The number of pyridine rings is 1. The van der Waals surface area contributed by atoms with Crippen LogP contribution in [-0.2, 0) is 0 Å². The van der Waals surface area contributed by atoms with Crippen molar-refractivity contribution in [3.63, 3.8) is 0 Å². The molecule has 0 amide bonds. The van der Waals surface area contributed by atoms with E-state index in [1.807, 2.05) is 12.1 Å². The molecule has 94 valence electrons. The molecule has 0 atom stereocenters. The SMILES string of the molecule is O=[N+]([O-])c1cc(Br)cnc1-n1nnc2ccccc21. The summed E-state index contributed by atoms with van der Waals surface area (Å²) in [5, 5.41) is 19.0. The molecule has 3 aromatic rings. The number of para-hydroxylation sites is 1. The third-order valence-corrected chi connectivity index (χ3v) is 3.00. The van der Waals surface area contributed by atoms with Gasteiger partial charge in [0.1, 0.15) is 5.52 Å². The fourth-order valence-electron chi connectivity index (χ4n) is 1.74. The Balaban J connectivity index is 2.30. The van der Waals surface area contributed by atoms with Crippen LogP contribution >= 0.6 is 15.9 Å². The maximum absolute atomic E-state index is 11.1. The Morgan fingerprint density at radius 1 is 1.32 bits per heavy atom. The van der Waals surface area contributed by atoms with Gasteiger partial charge in [-0.2, -0.15) is 4.68 Å². The second kappa shape index (κ2) is 4.39. The van der Waals surface area contributed by atoms with Gasteiger partial charge in [-0.1, -0.05) is 17.3 Å². The maximum Gasteiger partial charge on any atom is 0.314 e. The van der Waals surface area contributed by atoms with Crippen molar-refractivity contribution in [2.24, 2.45) is 0 Å². The highest BCUT2D eigenvalue weighted by atomic mass is 79.9. The fraction of sp³-hybridized carbons (Fsp3) is 0. The van der Waals surface area contributed by atoms with Crippen LogP contribution < -0.4 is 0 Å². The molecule has 1 aromatic carbocycles. The minimum absolute atomic E-state index is 0.134. The molecule has 3 rings (SSSR count). The lowest BCUT2D eigenvalue weighted by Crippen LogP contribution is -2.04. The molecule has 19 heavy (non-hydrogen) atoms. The van der Waals surface area contributed by atoms with Gasteiger partial charge in [0.25, 0.3) is 0 Å². The van der Waals surface area contributed by atoms with E-state index in [2.05, 4.69) is 31.2 Å². The van der Waals surface area contributed by atoms with E-state index in [9.17, 15) is 10.1 Å². The predicted molar refractivity (Wildman–Crippen MR) is 71.0 cm³/mol. The van der Waals surface area contributed by atoms with Gasteiger partial charge in [0, 0.05) is 16.7 Å². The van der Waals surface area contributed by atoms with Crippen LogP contribution in [0.4, 0.5) is 5.69 Å². The molecule has 0 fully saturated rings. The van der Waals surface area contributed by atoms with Crippen LogP contribution in [0.15, 0.2) is 41.0 Å². The first-order valence-corrected chi connectivity index (χ1v) is 6.07. The van der Waals surface area contributed by atoms with Gasteiger partial charge in [0.2, 0.25) is 5.82 Å². The van der Waals surface area contributed by atoms with Crippen molar-refractivity contribution in [2.45, 2.75) is 0 Å². The Morgan fingerprint density at radius 3 is 2.89 bits per heavy atom. The van der Waals surface area contributed by atoms with Crippen LogP contribution in [0.1, 0.15) is 0 Å². The number of benzene rings is 1. The Morgan fingerprint density at radius 2 is 2.11 bits per heavy atom. The molecular weight excluding hydrogens is 314 g/mol. The lowest BCUT2D eigenvalue weighted by molar-refractivity contribution is -0.385. The zero-order valence-corrected chi connectivity index (χ0v) is 11.0. The zero-order valence-electron chi connectivity index (χ0n) is 9.39. The molecular formula is C11H6BrN5O2. The molecule has 0 saturated carbocycles. The van der Waals surface area contributed by atoms with Gasteiger partial charge >= 0.3 is 5.69 Å². The number of nitrogens with zero attached hydrogens (tertiary/aromatic N) is 5. The van der Waals surface area contributed by atoms with E-state index in [1.54, 1.807) is 12.1 Å². The number of rotatable bonds is 2. The van der Waals surface area contributed by atoms with Crippen molar-refractivity contribution >= 4 is 32.7 Å². The van der Waals surface area contributed by atoms with Gasteiger partial charge in [0.15, 0.2) is 0 Å². The van der Waals surface area contributed by atoms with Gasteiger partial charge in [-0.25, -0.2) is 4.98 Å². The van der Waals surface area contributed by atoms with Crippen molar-refractivity contribution in [1.82, 2.24) is 20.0 Å². The van der Waals surface area contributed by atoms with Gasteiger partial charge in [-0.05, 0) is 28.1 Å². The molecule has 0 bridgehead atoms. The van der Waals surface area contributed by atoms with Crippen LogP contribution in [0.25, 0.3) is 16.9 Å². The summed E-state index contributed by atoms with van der Waals surface area (Å²) in [5.41, 5.74) is 1.19. The molecule has 7 nitrogen and oxygen atoms in total. The van der Waals surface area contributed by atoms with Gasteiger partial charge in [-0.3, -0.25) is 10.1 Å². The summed E-state index contributed by atoms with van der Waals surface area (Å²) in [4.78, 5) is 14.7. The lowest BCUT2D eigenvalue weighted by atomic mass is 10.3. The summed E-state index contributed by atoms with van der Waals surface area (Å²) in [6, 6.07) is 8.59. The van der Waals surface area contributed by atoms with Crippen LogP contribution in [0.5, 0.6) is 0 Å². The molecule has 8 heteroatoms. The topological polar surface area (TPSA) is 86.7 Å². The van der Waals surface area contributed by atoms with Crippen LogP contribution in [0.2, 0.25) is 0 Å². The number of hydrogen-bond donors (Lipinski definition) is 0. The van der Waals surface area contributed by atoms with Gasteiger partial charge in [0.05, 0.1) is 10.4 Å². The summed E-state index contributed by atoms with van der Waals surface area (Å²) in [5.74, 6) is 0.141. The van der Waals surface area contributed by atoms with Crippen molar-refractivity contribution in [3.05, 3.63) is 51.1 Å². The minimum atomic E-state index is -0.496. The van der Waals surface area contributed by atoms with E-state index in [-0.39, 0.29) is 11.5 Å². The highest BCUT2D eigenvalue weighted by molar-refractivity contribution is 9.10. The number of aromatic nitrogens is 4. The van der Waals surface area contributed by atoms with E-state index in [4.69, 9.17) is 0 Å². The minimum Gasteiger partial charge on any atom is -0.258 e. The molecule has 0 unspecified atom stereocenters. The van der Waals surface area contributed by atoms with Crippen LogP contribution in [0.3, 0.4) is 0 Å². The highest BCUT2D eigenvalue weighted by Crippen LogP contribution is 2.25. The second-order valence-corrected chi connectivity index (χ2v) is 4.66. The Hall–Kier alpha value is -2.35. The first-order chi connectivity index (χ1) is 9.16. The van der Waals surface area contributed by atoms with Gasteiger partial charge < -0.3 is 0 Å². The molecule has 0 aliphatic carbocycles. The number of halogens is 1. The smallest absolute Gasteiger partial charge is 0.258 e. The summed E-state index contributed by atoms with van der Waals surface area (Å²) in [7, 11) is 0. The first kappa shape index (κ1) is 11.7. The van der Waals surface area contributed by atoms with Crippen LogP contribution in [0, 0.1) is 10.1 Å². The van der Waals surface area contributed by atoms with E-state index in [0.717, 1.165) is 0 Å². The monoisotopic (exact) mass is 319 g/mol. The van der Waals surface area contributed by atoms with Crippen molar-refractivity contribution in [3.8, 4) is 5.82 Å². The highest BCUT2D eigenvalue weighted by Gasteiger charge is 2.20. The Labute approximate surface area is 115 Å². The fourth-order valence-corrected chi connectivity index (χ4v) is 2.06. The van der Waals surface area contributed by atoms with E-state index in [1.165, 1.54) is 16.9 Å². The first-order valence-electron chi connectivity index (χ1n) is 5.27. The van der Waals surface area contributed by atoms with Crippen molar-refractivity contribution < 1.29 is 4.92 Å². The van der Waals surface area contributed by atoms with Gasteiger partial charge in [-0.15, -0.1) is 5.10 Å². The Bertz CT molecular complexity index is 786. The van der Waals surface area contributed by atoms with E-state index < -0.39 is 4.92 Å². The molecule has 0 saturated heterocycles. The number of fused-ring (bicyclic) bond motifs is 1. The van der Waals surface area contributed by atoms with E-state index in [0.29, 0.717) is 15.5 Å². The molecule has 0 spiro atoms. The maximum atomic E-state index is 11.1. The largest absolute Gasteiger partial charge is 0.314 e. The molecule has 0 N–H and O–H groups in total. The lowest BCUT2D eigenvalue weighted by Gasteiger charge is -2.02. The summed E-state index contributed by atoms with van der Waals surface area (Å²) in [6.45, 7) is 0. The van der Waals surface area contributed by atoms with Crippen molar-refractivity contribution in [2.75, 3.05) is 0 Å². The molecule has 2 heterocycles. The predicted octanol–water partition coefficient (Wildman–Crippen LogP) is 2.49. The Kier molecular flexibility index (Phi) is 2.71. The van der Waals surface area contributed by atoms with E-state index >= 15 is 0 Å². The zero-order chi connectivity index (χ0) is 13.4. The summed E-state index contributed by atoms with van der Waals surface area (Å²) in [6.07, 6.45) is 1.48. The van der Waals surface area contributed by atoms with Crippen LogP contribution in [-0.4, -0.2) is 24.9 Å². The van der Waals surface area contributed by atoms with Crippen molar-refractivity contribution in [1.29, 1.82) is 0 Å². The second-order valence-electron chi connectivity index (χ2n) is 3.74. The number of nitro groups is 1. The third-order valence-electron chi connectivity index (χ3n) is 2.56. The molecule has 0 aliphatic rings. The number of hydrogen-bond acceptors (Lipinski definition) is 5. The average Bonchev–Trinajstić information content (AvgIpc) is 2.82. The molecule has 0 aliphatic heterocycles.